The van der Waals surface area contributed by atoms with Gasteiger partial charge in [0.05, 0.1) is 5.69 Å². The first-order valence-corrected chi connectivity index (χ1v) is 6.68. The second-order valence-corrected chi connectivity index (χ2v) is 4.94. The van der Waals surface area contributed by atoms with Gasteiger partial charge in [-0.2, -0.15) is 0 Å². The molecule has 0 bridgehead atoms. The minimum absolute atomic E-state index is 0.266. The van der Waals surface area contributed by atoms with Gasteiger partial charge < -0.3 is 10.1 Å². The molecule has 1 aromatic heterocycles. The summed E-state index contributed by atoms with van der Waals surface area (Å²) >= 11 is 0. The number of hydrogen-bond acceptors (Lipinski definition) is 3. The van der Waals surface area contributed by atoms with Crippen LogP contribution in [0.15, 0.2) is 36.5 Å². The minimum Gasteiger partial charge on any atom is -0.455 e. The lowest BCUT2D eigenvalue weighted by molar-refractivity contribution is 0.452. The lowest BCUT2D eigenvalue weighted by Crippen LogP contribution is -2.22. The highest BCUT2D eigenvalue weighted by Gasteiger charge is 2.12. The van der Waals surface area contributed by atoms with Crippen LogP contribution >= 0.6 is 0 Å². The highest BCUT2D eigenvalue weighted by Crippen LogP contribution is 2.28. The molecule has 1 N–H and O–H groups in total. The number of benzene rings is 1. The summed E-state index contributed by atoms with van der Waals surface area (Å²) in [4.78, 5) is 4.17. The summed E-state index contributed by atoms with van der Waals surface area (Å²) in [5, 5.41) is 3.21. The molecule has 1 heterocycles. The van der Waals surface area contributed by atoms with Crippen LogP contribution in [0.4, 0.5) is 4.39 Å². The number of aromatic nitrogens is 1. The molecule has 0 aliphatic carbocycles. The van der Waals surface area contributed by atoms with Gasteiger partial charge in [0.25, 0.3) is 0 Å². The van der Waals surface area contributed by atoms with E-state index in [1.54, 1.807) is 24.4 Å². The molecular formula is C16H19FN2O. The van der Waals surface area contributed by atoms with E-state index in [1.165, 1.54) is 6.07 Å². The van der Waals surface area contributed by atoms with Crippen LogP contribution in [0, 0.1) is 12.7 Å². The van der Waals surface area contributed by atoms with E-state index in [9.17, 15) is 4.39 Å². The van der Waals surface area contributed by atoms with Gasteiger partial charge in [0.2, 0.25) is 0 Å². The van der Waals surface area contributed by atoms with Crippen molar-refractivity contribution >= 4 is 0 Å². The number of rotatable bonds is 5. The molecule has 0 spiro atoms. The van der Waals surface area contributed by atoms with Gasteiger partial charge in [-0.3, -0.25) is 4.98 Å². The fraction of sp³-hybridized carbons (Fsp3) is 0.312. The van der Waals surface area contributed by atoms with E-state index in [0.717, 1.165) is 5.69 Å². The third-order valence-electron chi connectivity index (χ3n) is 2.94. The molecule has 3 nitrogen and oxygen atoms in total. The van der Waals surface area contributed by atoms with Crippen LogP contribution in [0.1, 0.15) is 25.1 Å². The van der Waals surface area contributed by atoms with Crippen LogP contribution in [0.5, 0.6) is 11.5 Å². The fourth-order valence-corrected chi connectivity index (χ4v) is 1.81. The summed E-state index contributed by atoms with van der Waals surface area (Å²) in [5.74, 6) is 0.898. The van der Waals surface area contributed by atoms with E-state index >= 15 is 0 Å². The Morgan fingerprint density at radius 1 is 1.20 bits per heavy atom. The number of nitrogens with zero attached hydrogens (tertiary/aromatic N) is 1. The van der Waals surface area contributed by atoms with E-state index in [2.05, 4.69) is 10.3 Å². The zero-order valence-corrected chi connectivity index (χ0v) is 12.0. The van der Waals surface area contributed by atoms with Crippen molar-refractivity contribution in [2.45, 2.75) is 33.4 Å². The number of aryl methyl sites for hydroxylation is 1. The molecule has 0 saturated heterocycles. The Hall–Kier alpha value is -1.94. The third-order valence-corrected chi connectivity index (χ3v) is 2.94. The summed E-state index contributed by atoms with van der Waals surface area (Å²) in [6.45, 7) is 6.33. The lowest BCUT2D eigenvalue weighted by Gasteiger charge is -2.15. The highest BCUT2D eigenvalue weighted by atomic mass is 19.1. The zero-order chi connectivity index (χ0) is 14.5. The molecule has 2 aromatic rings. The van der Waals surface area contributed by atoms with Crippen LogP contribution in [-0.2, 0) is 6.54 Å². The molecule has 0 aliphatic heterocycles. The van der Waals surface area contributed by atoms with Crippen molar-refractivity contribution in [1.29, 1.82) is 0 Å². The normalized spacial score (nSPS) is 10.8. The minimum atomic E-state index is -0.266. The summed E-state index contributed by atoms with van der Waals surface area (Å²) in [6, 6.07) is 8.77. The van der Waals surface area contributed by atoms with Crippen LogP contribution < -0.4 is 10.1 Å². The predicted molar refractivity (Wildman–Crippen MR) is 77.4 cm³/mol. The molecule has 0 unspecified atom stereocenters. The first-order valence-electron chi connectivity index (χ1n) is 6.68. The standard InChI is InChI=1S/C16H19FN2O/c1-11(2)19-10-13-14(17)6-4-7-16(13)20-15-8-5-9-18-12(15)3/h4-9,11,19H,10H2,1-3H3. The van der Waals surface area contributed by atoms with Gasteiger partial charge >= 0.3 is 0 Å². The number of ether oxygens (including phenoxy) is 1. The van der Waals surface area contributed by atoms with Crippen LogP contribution in [0.25, 0.3) is 0 Å². The Balaban J connectivity index is 2.27. The third kappa shape index (κ3) is 3.54. The first kappa shape index (κ1) is 14.5. The van der Waals surface area contributed by atoms with Crippen LogP contribution in [0.3, 0.4) is 0 Å². The molecule has 0 fully saturated rings. The lowest BCUT2D eigenvalue weighted by atomic mass is 10.1. The van der Waals surface area contributed by atoms with Gasteiger partial charge in [-0.25, -0.2) is 4.39 Å². The van der Waals surface area contributed by atoms with Crippen LogP contribution in [0.2, 0.25) is 0 Å². The average molecular weight is 274 g/mol. The second-order valence-electron chi connectivity index (χ2n) is 4.94. The van der Waals surface area contributed by atoms with Gasteiger partial charge in [0.1, 0.15) is 17.3 Å². The van der Waals surface area contributed by atoms with E-state index in [1.807, 2.05) is 26.8 Å². The molecule has 0 atom stereocenters. The maximum Gasteiger partial charge on any atom is 0.148 e. The number of hydrogen-bond donors (Lipinski definition) is 1. The van der Waals surface area contributed by atoms with Crippen molar-refractivity contribution in [3.8, 4) is 11.5 Å². The van der Waals surface area contributed by atoms with E-state index < -0.39 is 0 Å². The van der Waals surface area contributed by atoms with Crippen molar-refractivity contribution in [3.63, 3.8) is 0 Å². The molecule has 2 rings (SSSR count). The Morgan fingerprint density at radius 2 is 1.95 bits per heavy atom. The van der Waals surface area contributed by atoms with Gasteiger partial charge in [0, 0.05) is 24.3 Å². The molecule has 1 aromatic carbocycles. The number of halogens is 1. The van der Waals surface area contributed by atoms with Gasteiger partial charge in [-0.15, -0.1) is 0 Å². The monoisotopic (exact) mass is 274 g/mol. The average Bonchev–Trinajstić information content (AvgIpc) is 2.40. The number of pyridine rings is 1. The highest BCUT2D eigenvalue weighted by molar-refractivity contribution is 5.39. The van der Waals surface area contributed by atoms with Crippen molar-refractivity contribution in [3.05, 3.63) is 53.6 Å². The summed E-state index contributed by atoms with van der Waals surface area (Å²) < 4.78 is 19.8. The summed E-state index contributed by atoms with van der Waals surface area (Å²) in [5.41, 5.74) is 1.31. The van der Waals surface area contributed by atoms with Crippen molar-refractivity contribution in [2.24, 2.45) is 0 Å². The van der Waals surface area contributed by atoms with Crippen molar-refractivity contribution in [2.75, 3.05) is 0 Å². The molecule has 20 heavy (non-hydrogen) atoms. The molecule has 106 valence electrons. The Labute approximate surface area is 118 Å². The Morgan fingerprint density at radius 3 is 2.65 bits per heavy atom. The topological polar surface area (TPSA) is 34.1 Å². The SMILES string of the molecule is Cc1ncccc1Oc1cccc(F)c1CNC(C)C. The van der Waals surface area contributed by atoms with Gasteiger partial charge in [0.15, 0.2) is 0 Å². The van der Waals surface area contributed by atoms with Crippen molar-refractivity contribution < 1.29 is 9.13 Å². The number of nitrogens with one attached hydrogen (secondary N) is 1. The molecule has 4 heteroatoms. The second kappa shape index (κ2) is 6.48. The van der Waals surface area contributed by atoms with Gasteiger partial charge in [-0.1, -0.05) is 19.9 Å². The largest absolute Gasteiger partial charge is 0.455 e. The summed E-state index contributed by atoms with van der Waals surface area (Å²) in [7, 11) is 0. The first-order chi connectivity index (χ1) is 9.58. The van der Waals surface area contributed by atoms with Crippen LogP contribution in [-0.4, -0.2) is 11.0 Å². The molecule has 0 radical (unpaired) electrons. The summed E-state index contributed by atoms with van der Waals surface area (Å²) in [6.07, 6.45) is 1.70. The quantitative estimate of drug-likeness (QED) is 0.900. The maximum absolute atomic E-state index is 14.0. The fourth-order valence-electron chi connectivity index (χ4n) is 1.81. The Bertz CT molecular complexity index is 584. The Kier molecular flexibility index (Phi) is 4.69. The van der Waals surface area contributed by atoms with Gasteiger partial charge in [-0.05, 0) is 31.2 Å². The molecule has 0 amide bonds. The molecule has 0 saturated carbocycles. The smallest absolute Gasteiger partial charge is 0.148 e. The molecule has 0 aliphatic rings. The van der Waals surface area contributed by atoms with E-state index in [-0.39, 0.29) is 11.9 Å². The molecular weight excluding hydrogens is 255 g/mol. The van der Waals surface area contributed by atoms with E-state index in [0.29, 0.717) is 23.6 Å². The zero-order valence-electron chi connectivity index (χ0n) is 12.0. The predicted octanol–water partition coefficient (Wildman–Crippen LogP) is 3.82. The van der Waals surface area contributed by atoms with E-state index in [4.69, 9.17) is 4.74 Å². The van der Waals surface area contributed by atoms with Crippen molar-refractivity contribution in [1.82, 2.24) is 10.3 Å². The maximum atomic E-state index is 14.0.